The maximum atomic E-state index is 12.2. The summed E-state index contributed by atoms with van der Waals surface area (Å²) >= 11 is 0. The molecule has 2 rings (SSSR count). The molecule has 0 saturated carbocycles. The van der Waals surface area contributed by atoms with Gasteiger partial charge in [-0.3, -0.25) is 19.6 Å². The van der Waals surface area contributed by atoms with Crippen LogP contribution in [0.3, 0.4) is 0 Å². The summed E-state index contributed by atoms with van der Waals surface area (Å²) in [5, 5.41) is 17.9. The fourth-order valence-electron chi connectivity index (χ4n) is 2.09. The molecular formula is C14H16N4O3. The third-order valence-corrected chi connectivity index (χ3v) is 3.42. The number of carbonyl (C=O) groups excluding carboxylic acids is 1. The number of aromatic nitrogens is 2. The second-order valence-electron chi connectivity index (χ2n) is 4.88. The van der Waals surface area contributed by atoms with Gasteiger partial charge in [0.2, 0.25) is 0 Å². The molecule has 21 heavy (non-hydrogen) atoms. The summed E-state index contributed by atoms with van der Waals surface area (Å²) in [6.45, 7) is 5.27. The van der Waals surface area contributed by atoms with Crippen LogP contribution in [-0.2, 0) is 7.05 Å². The molecule has 1 aromatic heterocycles. The van der Waals surface area contributed by atoms with Crippen LogP contribution in [0.5, 0.6) is 0 Å². The number of nitrogens with zero attached hydrogens (tertiary/aromatic N) is 3. The largest absolute Gasteiger partial charge is 0.319 e. The number of anilines is 1. The third kappa shape index (κ3) is 2.76. The van der Waals surface area contributed by atoms with Gasteiger partial charge in [-0.1, -0.05) is 6.07 Å². The molecule has 1 aromatic carbocycles. The smallest absolute Gasteiger partial charge is 0.273 e. The molecule has 0 unspecified atom stereocenters. The Hall–Kier alpha value is -2.70. The first-order chi connectivity index (χ1) is 9.81. The Morgan fingerprint density at radius 1 is 1.33 bits per heavy atom. The monoisotopic (exact) mass is 288 g/mol. The van der Waals surface area contributed by atoms with E-state index >= 15 is 0 Å². The zero-order valence-electron chi connectivity index (χ0n) is 12.3. The minimum atomic E-state index is -0.493. The lowest BCUT2D eigenvalue weighted by Crippen LogP contribution is -2.13. The van der Waals surface area contributed by atoms with E-state index < -0.39 is 10.8 Å². The van der Waals surface area contributed by atoms with Gasteiger partial charge in [0.05, 0.1) is 22.0 Å². The SMILES string of the molecule is Cc1ccc(C(=O)Nc2c(C)nn(C)c2C)cc1[N+](=O)[O-]. The predicted molar refractivity (Wildman–Crippen MR) is 78.5 cm³/mol. The molecule has 0 aliphatic carbocycles. The molecule has 0 spiro atoms. The van der Waals surface area contributed by atoms with Crippen molar-refractivity contribution in [2.45, 2.75) is 20.8 Å². The summed E-state index contributed by atoms with van der Waals surface area (Å²) in [7, 11) is 1.79. The second-order valence-corrected chi connectivity index (χ2v) is 4.88. The Bertz CT molecular complexity index is 734. The van der Waals surface area contributed by atoms with E-state index in [4.69, 9.17) is 0 Å². The van der Waals surface area contributed by atoms with E-state index in [9.17, 15) is 14.9 Å². The maximum Gasteiger partial charge on any atom is 0.273 e. The average Bonchev–Trinajstić information content (AvgIpc) is 2.65. The Kier molecular flexibility index (Phi) is 3.75. The van der Waals surface area contributed by atoms with Gasteiger partial charge in [0.15, 0.2) is 0 Å². The number of hydrogen-bond donors (Lipinski definition) is 1. The fourth-order valence-corrected chi connectivity index (χ4v) is 2.09. The van der Waals surface area contributed by atoms with Crippen molar-refractivity contribution in [3.63, 3.8) is 0 Å². The maximum absolute atomic E-state index is 12.2. The fraction of sp³-hybridized carbons (Fsp3) is 0.286. The van der Waals surface area contributed by atoms with Crippen LogP contribution in [-0.4, -0.2) is 20.6 Å². The molecule has 1 N–H and O–H groups in total. The van der Waals surface area contributed by atoms with E-state index in [1.807, 2.05) is 6.92 Å². The van der Waals surface area contributed by atoms with Gasteiger partial charge in [0, 0.05) is 24.2 Å². The summed E-state index contributed by atoms with van der Waals surface area (Å²) < 4.78 is 1.67. The van der Waals surface area contributed by atoms with E-state index in [0.29, 0.717) is 16.9 Å². The van der Waals surface area contributed by atoms with Crippen LogP contribution < -0.4 is 5.32 Å². The standard InChI is InChI=1S/C14H16N4O3/c1-8-5-6-11(7-12(8)18(20)21)14(19)15-13-9(2)16-17(4)10(13)3/h5-7H,1-4H3,(H,15,19). The van der Waals surface area contributed by atoms with Crippen molar-refractivity contribution in [1.29, 1.82) is 0 Å². The molecule has 0 bridgehead atoms. The van der Waals surface area contributed by atoms with Crippen molar-refractivity contribution in [2.75, 3.05) is 5.32 Å². The van der Waals surface area contributed by atoms with Gasteiger partial charge < -0.3 is 5.32 Å². The van der Waals surface area contributed by atoms with Crippen LogP contribution in [0.15, 0.2) is 18.2 Å². The van der Waals surface area contributed by atoms with E-state index in [0.717, 1.165) is 5.69 Å². The summed E-state index contributed by atoms with van der Waals surface area (Å²) in [6.07, 6.45) is 0. The van der Waals surface area contributed by atoms with Crippen LogP contribution in [0, 0.1) is 30.9 Å². The quantitative estimate of drug-likeness (QED) is 0.694. The van der Waals surface area contributed by atoms with Gasteiger partial charge in [0.25, 0.3) is 11.6 Å². The molecule has 0 fully saturated rings. The lowest BCUT2D eigenvalue weighted by atomic mass is 10.1. The normalized spacial score (nSPS) is 10.5. The number of nitrogens with one attached hydrogen (secondary N) is 1. The molecule has 1 heterocycles. The van der Waals surface area contributed by atoms with Crippen LogP contribution in [0.2, 0.25) is 0 Å². The lowest BCUT2D eigenvalue weighted by Gasteiger charge is -2.06. The van der Waals surface area contributed by atoms with Crippen molar-refractivity contribution in [3.05, 3.63) is 50.8 Å². The number of aryl methyl sites for hydroxylation is 3. The van der Waals surface area contributed by atoms with Gasteiger partial charge in [-0.25, -0.2) is 0 Å². The van der Waals surface area contributed by atoms with E-state index in [-0.39, 0.29) is 11.3 Å². The Labute approximate surface area is 121 Å². The number of rotatable bonds is 3. The highest BCUT2D eigenvalue weighted by molar-refractivity contribution is 6.05. The van der Waals surface area contributed by atoms with E-state index in [2.05, 4.69) is 10.4 Å². The van der Waals surface area contributed by atoms with Gasteiger partial charge in [0.1, 0.15) is 0 Å². The van der Waals surface area contributed by atoms with Crippen LogP contribution in [0.4, 0.5) is 11.4 Å². The van der Waals surface area contributed by atoms with Gasteiger partial charge in [-0.15, -0.1) is 0 Å². The van der Waals surface area contributed by atoms with E-state index in [1.165, 1.54) is 6.07 Å². The highest BCUT2D eigenvalue weighted by Crippen LogP contribution is 2.22. The topological polar surface area (TPSA) is 90.1 Å². The first-order valence-electron chi connectivity index (χ1n) is 6.38. The van der Waals surface area contributed by atoms with E-state index in [1.54, 1.807) is 37.7 Å². The van der Waals surface area contributed by atoms with Crippen LogP contribution in [0.25, 0.3) is 0 Å². The van der Waals surface area contributed by atoms with Crippen molar-refractivity contribution < 1.29 is 9.72 Å². The average molecular weight is 288 g/mol. The number of carbonyl (C=O) groups is 1. The molecule has 0 saturated heterocycles. The van der Waals surface area contributed by atoms with Crippen LogP contribution >= 0.6 is 0 Å². The Balaban J connectivity index is 2.33. The second kappa shape index (κ2) is 5.35. The van der Waals surface area contributed by atoms with Crippen LogP contribution in [0.1, 0.15) is 27.3 Å². The predicted octanol–water partition coefficient (Wildman–Crippen LogP) is 2.51. The molecule has 2 aromatic rings. The summed E-state index contributed by atoms with van der Waals surface area (Å²) in [5.74, 6) is -0.391. The minimum absolute atomic E-state index is 0.0673. The first-order valence-corrected chi connectivity index (χ1v) is 6.38. The molecule has 1 amide bonds. The summed E-state index contributed by atoms with van der Waals surface area (Å²) in [5.41, 5.74) is 2.85. The molecular weight excluding hydrogens is 272 g/mol. The van der Waals surface area contributed by atoms with Crippen molar-refractivity contribution in [3.8, 4) is 0 Å². The Morgan fingerprint density at radius 2 is 2.00 bits per heavy atom. The lowest BCUT2D eigenvalue weighted by molar-refractivity contribution is -0.385. The van der Waals surface area contributed by atoms with Gasteiger partial charge >= 0.3 is 0 Å². The zero-order valence-corrected chi connectivity index (χ0v) is 12.3. The summed E-state index contributed by atoms with van der Waals surface area (Å²) in [6, 6.07) is 4.42. The van der Waals surface area contributed by atoms with Crippen molar-refractivity contribution in [1.82, 2.24) is 9.78 Å². The third-order valence-electron chi connectivity index (χ3n) is 3.42. The minimum Gasteiger partial charge on any atom is -0.319 e. The molecule has 7 nitrogen and oxygen atoms in total. The number of hydrogen-bond acceptors (Lipinski definition) is 4. The van der Waals surface area contributed by atoms with Crippen molar-refractivity contribution >= 4 is 17.3 Å². The highest BCUT2D eigenvalue weighted by atomic mass is 16.6. The van der Waals surface area contributed by atoms with Gasteiger partial charge in [-0.05, 0) is 26.8 Å². The summed E-state index contributed by atoms with van der Waals surface area (Å²) in [4.78, 5) is 22.7. The number of nitro benzene ring substituents is 1. The van der Waals surface area contributed by atoms with Gasteiger partial charge in [-0.2, -0.15) is 5.10 Å². The molecule has 7 heteroatoms. The van der Waals surface area contributed by atoms with Crippen molar-refractivity contribution in [2.24, 2.45) is 7.05 Å². The number of nitro groups is 1. The highest BCUT2D eigenvalue weighted by Gasteiger charge is 2.17. The molecule has 0 aliphatic rings. The molecule has 0 aliphatic heterocycles. The first kappa shape index (κ1) is 14.7. The molecule has 110 valence electrons. The number of benzene rings is 1. The zero-order chi connectivity index (χ0) is 15.7. The number of amides is 1. The molecule has 0 atom stereocenters. The Morgan fingerprint density at radius 3 is 2.52 bits per heavy atom. The molecule has 0 radical (unpaired) electrons.